The van der Waals surface area contributed by atoms with Gasteiger partial charge in [-0.15, -0.1) is 0 Å². The Hall–Kier alpha value is -2.70. The van der Waals surface area contributed by atoms with Gasteiger partial charge in [0.15, 0.2) is 5.69 Å². The largest absolute Gasteiger partial charge is 0.434 e. The van der Waals surface area contributed by atoms with Crippen LogP contribution in [0.15, 0.2) is 48.7 Å². The van der Waals surface area contributed by atoms with Crippen molar-refractivity contribution in [3.05, 3.63) is 65.7 Å². The highest BCUT2D eigenvalue weighted by molar-refractivity contribution is 7.86. The van der Waals surface area contributed by atoms with Gasteiger partial charge in [0, 0.05) is 31.2 Å². The second-order valence-corrected chi connectivity index (χ2v) is 8.76. The maximum atomic E-state index is 13.3. The minimum absolute atomic E-state index is 0.0537. The van der Waals surface area contributed by atoms with Crippen LogP contribution < -0.4 is 10.5 Å². The topological polar surface area (TPSA) is 92.7 Å². The number of anilines is 1. The molecule has 3 N–H and O–H groups in total. The Labute approximate surface area is 169 Å². The molecule has 1 saturated heterocycles. The average Bonchev–Trinajstić information content (AvgIpc) is 3.06. The fourth-order valence-corrected chi connectivity index (χ4v) is 4.41. The molecule has 0 unspecified atom stereocenters. The fraction of sp³-hybridized carbons (Fsp3) is 0.278. The molecule has 1 aliphatic rings. The molecule has 1 aliphatic heterocycles. The fourth-order valence-electron chi connectivity index (χ4n) is 3.56. The lowest BCUT2D eigenvalue weighted by molar-refractivity contribution is -0.140. The van der Waals surface area contributed by atoms with E-state index in [0.29, 0.717) is 11.4 Å². The molecule has 2 aromatic heterocycles. The molecule has 160 valence electrons. The molecule has 4 rings (SSSR count). The normalized spacial score (nSPS) is 17.1. The zero-order valence-corrected chi connectivity index (χ0v) is 16.2. The molecule has 0 spiro atoms. The number of rotatable bonds is 5. The Morgan fingerprint density at radius 1 is 1.13 bits per heavy atom. The number of nitrogens with one attached hydrogen (secondary N) is 1. The van der Waals surface area contributed by atoms with Crippen LogP contribution in [0.2, 0.25) is 0 Å². The molecule has 1 fully saturated rings. The van der Waals surface area contributed by atoms with Gasteiger partial charge in [0.1, 0.15) is 17.3 Å². The van der Waals surface area contributed by atoms with Gasteiger partial charge in [-0.25, -0.2) is 14.5 Å². The molecule has 1 aromatic carbocycles. The maximum absolute atomic E-state index is 13.3. The molecule has 0 saturated carbocycles. The highest BCUT2D eigenvalue weighted by atomic mass is 32.2. The van der Waals surface area contributed by atoms with Gasteiger partial charge in [-0.1, -0.05) is 18.2 Å². The van der Waals surface area contributed by atoms with Gasteiger partial charge in [0.2, 0.25) is 0 Å². The molecule has 30 heavy (non-hydrogen) atoms. The number of fused-ring (bicyclic) bond motifs is 1. The van der Waals surface area contributed by atoms with Crippen LogP contribution in [0.3, 0.4) is 0 Å². The molecule has 12 heteroatoms. The van der Waals surface area contributed by atoms with Crippen molar-refractivity contribution in [3.8, 4) is 0 Å². The monoisotopic (exact) mass is 443 g/mol. The minimum atomic E-state index is -4.58. The van der Waals surface area contributed by atoms with Crippen LogP contribution in [0.1, 0.15) is 11.3 Å². The SMILES string of the molecule is NS(=O)(=O)N1CC(CNc2cccc3nc(C(F)(F)F)cn23)(c2ccc(F)cc2)C1. The van der Waals surface area contributed by atoms with Gasteiger partial charge < -0.3 is 5.32 Å². The average molecular weight is 443 g/mol. The first kappa shape index (κ1) is 20.6. The highest BCUT2D eigenvalue weighted by Crippen LogP contribution is 2.36. The van der Waals surface area contributed by atoms with Crippen LogP contribution in [0, 0.1) is 5.82 Å². The third-order valence-electron chi connectivity index (χ3n) is 5.16. The third-order valence-corrected chi connectivity index (χ3v) is 6.14. The molecule has 0 aliphatic carbocycles. The van der Waals surface area contributed by atoms with Gasteiger partial charge in [-0.05, 0) is 29.8 Å². The van der Waals surface area contributed by atoms with Crippen molar-refractivity contribution in [2.45, 2.75) is 11.6 Å². The van der Waals surface area contributed by atoms with Crippen LogP contribution in [0.25, 0.3) is 5.65 Å². The van der Waals surface area contributed by atoms with Gasteiger partial charge in [-0.2, -0.15) is 25.9 Å². The minimum Gasteiger partial charge on any atom is -0.370 e. The number of benzene rings is 1. The van der Waals surface area contributed by atoms with Crippen LogP contribution in [0.5, 0.6) is 0 Å². The molecule has 0 amide bonds. The first-order valence-corrected chi connectivity index (χ1v) is 10.3. The number of pyridine rings is 1. The van der Waals surface area contributed by atoms with E-state index in [1.165, 1.54) is 22.6 Å². The molecule has 7 nitrogen and oxygen atoms in total. The summed E-state index contributed by atoms with van der Waals surface area (Å²) < 4.78 is 78.0. The summed E-state index contributed by atoms with van der Waals surface area (Å²) in [5, 5.41) is 8.27. The number of nitrogens with zero attached hydrogens (tertiary/aromatic N) is 3. The van der Waals surface area contributed by atoms with E-state index in [4.69, 9.17) is 5.14 Å². The Morgan fingerprint density at radius 2 is 1.80 bits per heavy atom. The summed E-state index contributed by atoms with van der Waals surface area (Å²) in [6, 6.07) is 10.2. The number of alkyl halides is 3. The van der Waals surface area contributed by atoms with E-state index in [1.54, 1.807) is 24.3 Å². The number of aromatic nitrogens is 2. The number of hydrogen-bond acceptors (Lipinski definition) is 4. The Morgan fingerprint density at radius 3 is 2.40 bits per heavy atom. The van der Waals surface area contributed by atoms with Crippen LogP contribution >= 0.6 is 0 Å². The Balaban J connectivity index is 1.64. The van der Waals surface area contributed by atoms with Gasteiger partial charge in [0.05, 0.1) is 0 Å². The zero-order valence-electron chi connectivity index (χ0n) is 15.4. The first-order chi connectivity index (χ1) is 14.0. The van der Waals surface area contributed by atoms with E-state index < -0.39 is 33.3 Å². The molecule has 0 bridgehead atoms. The number of nitrogens with two attached hydrogens (primary N) is 1. The van der Waals surface area contributed by atoms with Crippen molar-refractivity contribution in [2.75, 3.05) is 25.0 Å². The molecular weight excluding hydrogens is 426 g/mol. The summed E-state index contributed by atoms with van der Waals surface area (Å²) in [6.07, 6.45) is -3.69. The predicted molar refractivity (Wildman–Crippen MR) is 101 cm³/mol. The summed E-state index contributed by atoms with van der Waals surface area (Å²) in [6.45, 7) is 0.291. The van der Waals surface area contributed by atoms with Crippen molar-refractivity contribution in [2.24, 2.45) is 5.14 Å². The number of hydrogen-bond donors (Lipinski definition) is 2. The summed E-state index contributed by atoms with van der Waals surface area (Å²) in [4.78, 5) is 3.59. The lowest BCUT2D eigenvalue weighted by Gasteiger charge is -2.49. The van der Waals surface area contributed by atoms with E-state index in [9.17, 15) is 26.0 Å². The van der Waals surface area contributed by atoms with Crippen molar-refractivity contribution in [3.63, 3.8) is 0 Å². The lowest BCUT2D eigenvalue weighted by atomic mass is 9.75. The lowest BCUT2D eigenvalue weighted by Crippen LogP contribution is -2.65. The van der Waals surface area contributed by atoms with Crippen molar-refractivity contribution in [1.82, 2.24) is 13.7 Å². The maximum Gasteiger partial charge on any atom is 0.434 e. The van der Waals surface area contributed by atoms with E-state index in [0.717, 1.165) is 10.5 Å². The Kier molecular flexibility index (Phi) is 4.75. The molecule has 0 atom stereocenters. The van der Waals surface area contributed by atoms with E-state index in [-0.39, 0.29) is 25.3 Å². The molecule has 3 heterocycles. The van der Waals surface area contributed by atoms with Crippen LogP contribution in [-0.2, 0) is 21.8 Å². The molecule has 3 aromatic rings. The van der Waals surface area contributed by atoms with E-state index >= 15 is 0 Å². The summed E-state index contributed by atoms with van der Waals surface area (Å²) in [7, 11) is -3.89. The van der Waals surface area contributed by atoms with Crippen LogP contribution in [-0.4, -0.2) is 41.7 Å². The second-order valence-electron chi connectivity index (χ2n) is 7.22. The standard InChI is InChI=1S/C18H17F4N5O2S/c19-13-6-4-12(5-7-13)17(10-26(11-17)30(23,28)29)9-24-15-2-1-3-16-25-14(8-27(15)16)18(20,21)22/h1-8,24H,9-11H2,(H2,23,28,29). The predicted octanol–water partition coefficient (Wildman–Crippen LogP) is 2.36. The smallest absolute Gasteiger partial charge is 0.370 e. The second kappa shape index (κ2) is 6.93. The van der Waals surface area contributed by atoms with Crippen molar-refractivity contribution < 1.29 is 26.0 Å². The Bertz CT molecular complexity index is 1190. The molecular formula is C18H17F4N5O2S. The highest BCUT2D eigenvalue weighted by Gasteiger charge is 2.48. The van der Waals surface area contributed by atoms with Crippen LogP contribution in [0.4, 0.5) is 23.4 Å². The van der Waals surface area contributed by atoms with E-state index in [1.807, 2.05) is 0 Å². The summed E-state index contributed by atoms with van der Waals surface area (Å²) in [5.74, 6) is -0.0848. The van der Waals surface area contributed by atoms with E-state index in [2.05, 4.69) is 10.3 Å². The number of imidazole rings is 1. The first-order valence-electron chi connectivity index (χ1n) is 8.81. The van der Waals surface area contributed by atoms with Gasteiger partial charge in [-0.3, -0.25) is 4.40 Å². The zero-order chi connectivity index (χ0) is 21.7. The summed E-state index contributed by atoms with van der Waals surface area (Å²) in [5.41, 5.74) is -0.947. The van der Waals surface area contributed by atoms with Crippen molar-refractivity contribution in [1.29, 1.82) is 0 Å². The number of halogens is 4. The third kappa shape index (κ3) is 3.73. The van der Waals surface area contributed by atoms with Crippen molar-refractivity contribution >= 4 is 21.7 Å². The summed E-state index contributed by atoms with van der Waals surface area (Å²) >= 11 is 0. The quantitative estimate of drug-likeness (QED) is 0.593. The van der Waals surface area contributed by atoms with Gasteiger partial charge >= 0.3 is 6.18 Å². The molecule has 0 radical (unpaired) electrons. The van der Waals surface area contributed by atoms with Gasteiger partial charge in [0.25, 0.3) is 10.2 Å².